The fourth-order valence-electron chi connectivity index (χ4n) is 2.35. The Bertz CT molecular complexity index is 521. The van der Waals surface area contributed by atoms with Crippen LogP contribution in [0.4, 0.5) is 0 Å². The van der Waals surface area contributed by atoms with Crippen LogP contribution >= 0.6 is 0 Å². The third-order valence-electron chi connectivity index (χ3n) is 3.35. The predicted molar refractivity (Wildman–Crippen MR) is 67.7 cm³/mol. The van der Waals surface area contributed by atoms with Gasteiger partial charge in [-0.3, -0.25) is 9.59 Å². The quantitative estimate of drug-likeness (QED) is 0.773. The van der Waals surface area contributed by atoms with Crippen LogP contribution in [-0.2, 0) is 16.0 Å². The molecule has 19 heavy (non-hydrogen) atoms. The van der Waals surface area contributed by atoms with Crippen molar-refractivity contribution in [3.8, 4) is 11.5 Å². The number of fused-ring (bicyclic) bond motifs is 1. The van der Waals surface area contributed by atoms with E-state index in [4.69, 9.17) is 9.47 Å². The van der Waals surface area contributed by atoms with Crippen molar-refractivity contribution < 1.29 is 23.8 Å². The minimum Gasteiger partial charge on any atom is -0.493 e. The van der Waals surface area contributed by atoms with E-state index in [1.54, 1.807) is 19.2 Å². The molecule has 102 valence electrons. The summed E-state index contributed by atoms with van der Waals surface area (Å²) in [6, 6.07) is 3.47. The fraction of sp³-hybridized carbons (Fsp3) is 0.429. The summed E-state index contributed by atoms with van der Waals surface area (Å²) in [5, 5.41) is 0. The van der Waals surface area contributed by atoms with Crippen molar-refractivity contribution in [3.05, 3.63) is 23.3 Å². The first kappa shape index (κ1) is 13.4. The molecular formula is C14H16O5. The SMILES string of the molecule is COC(=O)CC1Cc2cc(OC)c(OC)cc2C1=O. The van der Waals surface area contributed by atoms with Gasteiger partial charge in [-0.1, -0.05) is 0 Å². The van der Waals surface area contributed by atoms with Gasteiger partial charge in [-0.05, 0) is 24.1 Å². The maximum absolute atomic E-state index is 12.2. The molecule has 1 aromatic carbocycles. The third kappa shape index (κ3) is 2.41. The molecule has 0 saturated carbocycles. The Balaban J connectivity index is 2.30. The van der Waals surface area contributed by atoms with Crippen molar-refractivity contribution in [2.75, 3.05) is 21.3 Å². The molecule has 0 aromatic heterocycles. The van der Waals surface area contributed by atoms with Gasteiger partial charge in [0.25, 0.3) is 0 Å². The van der Waals surface area contributed by atoms with Gasteiger partial charge in [0.2, 0.25) is 0 Å². The highest BCUT2D eigenvalue weighted by Crippen LogP contribution is 2.37. The van der Waals surface area contributed by atoms with Crippen LogP contribution in [0.5, 0.6) is 11.5 Å². The van der Waals surface area contributed by atoms with Gasteiger partial charge in [-0.25, -0.2) is 0 Å². The number of ketones is 1. The van der Waals surface area contributed by atoms with Crippen LogP contribution in [0.15, 0.2) is 12.1 Å². The van der Waals surface area contributed by atoms with Crippen molar-refractivity contribution in [1.82, 2.24) is 0 Å². The minimum absolute atomic E-state index is 0.0404. The largest absolute Gasteiger partial charge is 0.493 e. The van der Waals surface area contributed by atoms with Gasteiger partial charge in [-0.15, -0.1) is 0 Å². The average Bonchev–Trinajstić information content (AvgIpc) is 2.73. The maximum atomic E-state index is 12.2. The molecule has 5 heteroatoms. The van der Waals surface area contributed by atoms with E-state index in [0.717, 1.165) is 5.56 Å². The zero-order valence-corrected chi connectivity index (χ0v) is 11.2. The third-order valence-corrected chi connectivity index (χ3v) is 3.35. The van der Waals surface area contributed by atoms with Crippen LogP contribution in [0, 0.1) is 5.92 Å². The summed E-state index contributed by atoms with van der Waals surface area (Å²) in [5.74, 6) is 0.354. The van der Waals surface area contributed by atoms with Gasteiger partial charge in [0.15, 0.2) is 17.3 Å². The van der Waals surface area contributed by atoms with Crippen molar-refractivity contribution in [2.45, 2.75) is 12.8 Å². The normalized spacial score (nSPS) is 17.0. The summed E-state index contributed by atoms with van der Waals surface area (Å²) in [6.07, 6.45) is 0.637. The topological polar surface area (TPSA) is 61.8 Å². The van der Waals surface area contributed by atoms with Crippen LogP contribution in [0.1, 0.15) is 22.3 Å². The van der Waals surface area contributed by atoms with Crippen LogP contribution < -0.4 is 9.47 Å². The number of ether oxygens (including phenoxy) is 3. The molecule has 1 aromatic rings. The highest BCUT2D eigenvalue weighted by molar-refractivity contribution is 6.04. The molecule has 1 aliphatic carbocycles. The first-order valence-corrected chi connectivity index (χ1v) is 5.96. The molecular weight excluding hydrogens is 248 g/mol. The maximum Gasteiger partial charge on any atom is 0.306 e. The van der Waals surface area contributed by atoms with Crippen molar-refractivity contribution in [2.24, 2.45) is 5.92 Å². The molecule has 0 fully saturated rings. The number of hydrogen-bond donors (Lipinski definition) is 0. The minimum atomic E-state index is -0.370. The van der Waals surface area contributed by atoms with E-state index < -0.39 is 0 Å². The lowest BCUT2D eigenvalue weighted by Gasteiger charge is -2.09. The molecule has 1 aliphatic rings. The summed E-state index contributed by atoms with van der Waals surface area (Å²) >= 11 is 0. The predicted octanol–water partition coefficient (Wildman–Crippen LogP) is 1.62. The Kier molecular flexibility index (Phi) is 3.74. The van der Waals surface area contributed by atoms with Crippen molar-refractivity contribution in [1.29, 1.82) is 0 Å². The van der Waals surface area contributed by atoms with Crippen molar-refractivity contribution in [3.63, 3.8) is 0 Å². The molecule has 0 amide bonds. The Morgan fingerprint density at radius 2 is 1.84 bits per heavy atom. The van der Waals surface area contributed by atoms with E-state index in [1.165, 1.54) is 14.2 Å². The van der Waals surface area contributed by atoms with Crippen LogP contribution in [0.2, 0.25) is 0 Å². The Morgan fingerprint density at radius 3 is 2.42 bits per heavy atom. The van der Waals surface area contributed by atoms with Crippen LogP contribution in [0.3, 0.4) is 0 Å². The van der Waals surface area contributed by atoms with Gasteiger partial charge >= 0.3 is 5.97 Å². The van der Waals surface area contributed by atoms with E-state index in [1.807, 2.05) is 0 Å². The first-order valence-electron chi connectivity index (χ1n) is 5.96. The lowest BCUT2D eigenvalue weighted by Crippen LogP contribution is -2.15. The molecule has 0 spiro atoms. The summed E-state index contributed by atoms with van der Waals surface area (Å²) in [4.78, 5) is 23.5. The molecule has 2 rings (SSSR count). The number of methoxy groups -OCH3 is 3. The van der Waals surface area contributed by atoms with Gasteiger partial charge in [-0.2, -0.15) is 0 Å². The molecule has 0 N–H and O–H groups in total. The van der Waals surface area contributed by atoms with Gasteiger partial charge in [0.1, 0.15) is 0 Å². The second-order valence-corrected chi connectivity index (χ2v) is 4.41. The van der Waals surface area contributed by atoms with Gasteiger partial charge in [0.05, 0.1) is 27.8 Å². The second kappa shape index (κ2) is 5.30. The Labute approximate surface area is 111 Å². The molecule has 0 radical (unpaired) electrons. The lowest BCUT2D eigenvalue weighted by molar-refractivity contribution is -0.141. The van der Waals surface area contributed by atoms with E-state index >= 15 is 0 Å². The molecule has 0 saturated heterocycles. The summed E-state index contributed by atoms with van der Waals surface area (Å²) < 4.78 is 15.0. The molecule has 0 aliphatic heterocycles. The average molecular weight is 264 g/mol. The molecule has 0 heterocycles. The fourth-order valence-corrected chi connectivity index (χ4v) is 2.35. The monoisotopic (exact) mass is 264 g/mol. The number of carbonyl (C=O) groups excluding carboxylic acids is 2. The number of hydrogen-bond acceptors (Lipinski definition) is 5. The summed E-state index contributed by atoms with van der Waals surface area (Å²) in [6.45, 7) is 0. The van der Waals surface area contributed by atoms with E-state index in [0.29, 0.717) is 23.5 Å². The summed E-state index contributed by atoms with van der Waals surface area (Å²) in [5.41, 5.74) is 1.49. The van der Waals surface area contributed by atoms with Crippen LogP contribution in [-0.4, -0.2) is 33.1 Å². The zero-order valence-electron chi connectivity index (χ0n) is 11.2. The molecule has 5 nitrogen and oxygen atoms in total. The van der Waals surface area contributed by atoms with Crippen LogP contribution in [0.25, 0.3) is 0 Å². The van der Waals surface area contributed by atoms with Gasteiger partial charge in [0, 0.05) is 11.5 Å². The first-order chi connectivity index (χ1) is 9.10. The number of carbonyl (C=O) groups is 2. The zero-order chi connectivity index (χ0) is 14.0. The molecule has 1 unspecified atom stereocenters. The number of rotatable bonds is 4. The second-order valence-electron chi connectivity index (χ2n) is 4.41. The molecule has 1 atom stereocenters. The van der Waals surface area contributed by atoms with E-state index in [9.17, 15) is 9.59 Å². The summed E-state index contributed by atoms with van der Waals surface area (Å²) in [7, 11) is 4.39. The lowest BCUT2D eigenvalue weighted by atomic mass is 10.0. The smallest absolute Gasteiger partial charge is 0.306 e. The number of benzene rings is 1. The van der Waals surface area contributed by atoms with E-state index in [2.05, 4.69) is 4.74 Å². The standard InChI is InChI=1S/C14H16O5/c1-17-11-5-8-4-9(6-13(15)19-3)14(16)10(8)7-12(11)18-2/h5,7,9H,4,6H2,1-3H3. The highest BCUT2D eigenvalue weighted by atomic mass is 16.5. The van der Waals surface area contributed by atoms with E-state index in [-0.39, 0.29) is 24.1 Å². The highest BCUT2D eigenvalue weighted by Gasteiger charge is 2.33. The molecule has 0 bridgehead atoms. The Hall–Kier alpha value is -2.04. The number of Topliss-reactive ketones (excluding diaryl/α,β-unsaturated/α-hetero) is 1. The number of esters is 1. The van der Waals surface area contributed by atoms with Crippen molar-refractivity contribution >= 4 is 11.8 Å². The Morgan fingerprint density at radius 1 is 1.21 bits per heavy atom. The van der Waals surface area contributed by atoms with Gasteiger partial charge < -0.3 is 14.2 Å².